The van der Waals surface area contributed by atoms with Crippen molar-refractivity contribution < 1.29 is 5.11 Å². The lowest BCUT2D eigenvalue weighted by molar-refractivity contribution is 0.154. The molecule has 0 radical (unpaired) electrons. The van der Waals surface area contributed by atoms with Crippen molar-refractivity contribution in [3.05, 3.63) is 53.6 Å². The molecule has 0 saturated carbocycles. The third-order valence-corrected chi connectivity index (χ3v) is 3.63. The molecule has 3 nitrogen and oxygen atoms in total. The van der Waals surface area contributed by atoms with Gasteiger partial charge in [-0.25, -0.2) is 4.98 Å². The van der Waals surface area contributed by atoms with Gasteiger partial charge in [0, 0.05) is 25.9 Å². The second-order valence-corrected chi connectivity index (χ2v) is 5.11. The number of imidazole rings is 1. The van der Waals surface area contributed by atoms with Crippen LogP contribution in [0.1, 0.15) is 29.8 Å². The highest BCUT2D eigenvalue weighted by atomic mass is 16.3. The van der Waals surface area contributed by atoms with Crippen LogP contribution in [0.15, 0.2) is 36.7 Å². The number of aryl methyl sites for hydroxylation is 4. The molecule has 0 aliphatic rings. The van der Waals surface area contributed by atoms with Crippen LogP contribution in [-0.4, -0.2) is 20.8 Å². The van der Waals surface area contributed by atoms with Gasteiger partial charge in [0.15, 0.2) is 0 Å². The van der Waals surface area contributed by atoms with Crippen LogP contribution in [-0.2, 0) is 19.9 Å². The Morgan fingerprint density at radius 1 is 1.21 bits per heavy atom. The van der Waals surface area contributed by atoms with Crippen LogP contribution in [0.4, 0.5) is 0 Å². The number of nitrogens with zero attached hydrogens (tertiary/aromatic N) is 2. The molecule has 0 bridgehead atoms. The molecule has 2 rings (SSSR count). The van der Waals surface area contributed by atoms with Gasteiger partial charge in [0.05, 0.1) is 6.10 Å². The molecule has 1 unspecified atom stereocenters. The molecule has 1 aromatic heterocycles. The summed E-state index contributed by atoms with van der Waals surface area (Å²) in [6, 6.07) is 8.37. The SMILES string of the molecule is Cc1ccccc1CCC(O)CCc1nccn1C. The zero-order chi connectivity index (χ0) is 13.7. The fourth-order valence-corrected chi connectivity index (χ4v) is 2.29. The first-order valence-corrected chi connectivity index (χ1v) is 6.85. The maximum Gasteiger partial charge on any atom is 0.108 e. The van der Waals surface area contributed by atoms with Gasteiger partial charge in [0.2, 0.25) is 0 Å². The molecule has 102 valence electrons. The second-order valence-electron chi connectivity index (χ2n) is 5.11. The van der Waals surface area contributed by atoms with Gasteiger partial charge in [-0.2, -0.15) is 0 Å². The van der Waals surface area contributed by atoms with Crippen molar-refractivity contribution in [1.82, 2.24) is 9.55 Å². The van der Waals surface area contributed by atoms with E-state index in [1.54, 1.807) is 6.20 Å². The maximum atomic E-state index is 10.1. The first-order chi connectivity index (χ1) is 9.16. The third kappa shape index (κ3) is 3.93. The molecule has 0 saturated heterocycles. The summed E-state index contributed by atoms with van der Waals surface area (Å²) in [5, 5.41) is 10.1. The summed E-state index contributed by atoms with van der Waals surface area (Å²) < 4.78 is 2.01. The molecule has 0 aliphatic carbocycles. The fourth-order valence-electron chi connectivity index (χ4n) is 2.29. The number of hydrogen-bond acceptors (Lipinski definition) is 2. The van der Waals surface area contributed by atoms with E-state index in [0.717, 1.165) is 31.5 Å². The molecule has 0 aliphatic heterocycles. The predicted molar refractivity (Wildman–Crippen MR) is 77.0 cm³/mol. The Bertz CT molecular complexity index is 519. The first-order valence-electron chi connectivity index (χ1n) is 6.85. The third-order valence-electron chi connectivity index (χ3n) is 3.63. The van der Waals surface area contributed by atoms with Gasteiger partial charge in [0.1, 0.15) is 5.82 Å². The number of rotatable bonds is 6. The van der Waals surface area contributed by atoms with Crippen LogP contribution in [0.2, 0.25) is 0 Å². The van der Waals surface area contributed by atoms with E-state index in [4.69, 9.17) is 0 Å². The summed E-state index contributed by atoms with van der Waals surface area (Å²) in [6.45, 7) is 2.12. The Balaban J connectivity index is 1.77. The highest BCUT2D eigenvalue weighted by molar-refractivity contribution is 5.25. The maximum absolute atomic E-state index is 10.1. The molecule has 1 heterocycles. The molecule has 0 fully saturated rings. The number of aromatic nitrogens is 2. The van der Waals surface area contributed by atoms with Crippen LogP contribution in [0.5, 0.6) is 0 Å². The van der Waals surface area contributed by atoms with Crippen molar-refractivity contribution in [2.75, 3.05) is 0 Å². The van der Waals surface area contributed by atoms with Gasteiger partial charge < -0.3 is 9.67 Å². The van der Waals surface area contributed by atoms with Gasteiger partial charge in [-0.1, -0.05) is 24.3 Å². The largest absolute Gasteiger partial charge is 0.393 e. The molecule has 1 N–H and O–H groups in total. The van der Waals surface area contributed by atoms with Crippen molar-refractivity contribution >= 4 is 0 Å². The molecular weight excluding hydrogens is 236 g/mol. The minimum absolute atomic E-state index is 0.253. The van der Waals surface area contributed by atoms with E-state index in [2.05, 4.69) is 36.2 Å². The van der Waals surface area contributed by atoms with Crippen molar-refractivity contribution in [3.63, 3.8) is 0 Å². The summed E-state index contributed by atoms with van der Waals surface area (Å²) in [5.74, 6) is 1.04. The van der Waals surface area contributed by atoms with Crippen LogP contribution in [0.25, 0.3) is 0 Å². The van der Waals surface area contributed by atoms with Gasteiger partial charge in [-0.05, 0) is 37.3 Å². The average Bonchev–Trinajstić information content (AvgIpc) is 2.81. The lowest BCUT2D eigenvalue weighted by atomic mass is 10.0. The predicted octanol–water partition coefficient (Wildman–Crippen LogP) is 2.65. The lowest BCUT2D eigenvalue weighted by Crippen LogP contribution is -2.11. The Morgan fingerprint density at radius 2 is 1.95 bits per heavy atom. The normalized spacial score (nSPS) is 12.6. The standard InChI is InChI=1S/C16H22N2O/c1-13-5-3-4-6-14(13)7-8-15(19)9-10-16-17-11-12-18(16)2/h3-6,11-12,15,19H,7-10H2,1-2H3. The van der Waals surface area contributed by atoms with E-state index in [-0.39, 0.29) is 6.10 Å². The molecule has 3 heteroatoms. The van der Waals surface area contributed by atoms with Crippen LogP contribution in [0.3, 0.4) is 0 Å². The topological polar surface area (TPSA) is 38.1 Å². The summed E-state index contributed by atoms with van der Waals surface area (Å²) >= 11 is 0. The van der Waals surface area contributed by atoms with E-state index >= 15 is 0 Å². The molecule has 2 aromatic rings. The zero-order valence-corrected chi connectivity index (χ0v) is 11.7. The summed E-state index contributed by atoms with van der Waals surface area (Å²) in [7, 11) is 1.99. The van der Waals surface area contributed by atoms with E-state index in [9.17, 15) is 5.11 Å². The molecule has 0 spiro atoms. The van der Waals surface area contributed by atoms with E-state index in [1.807, 2.05) is 17.8 Å². The van der Waals surface area contributed by atoms with Crippen molar-refractivity contribution in [1.29, 1.82) is 0 Å². The van der Waals surface area contributed by atoms with Gasteiger partial charge >= 0.3 is 0 Å². The van der Waals surface area contributed by atoms with E-state index in [1.165, 1.54) is 11.1 Å². The number of aliphatic hydroxyl groups excluding tert-OH is 1. The zero-order valence-electron chi connectivity index (χ0n) is 11.7. The molecule has 1 aromatic carbocycles. The Kier molecular flexibility index (Phi) is 4.74. The molecule has 1 atom stereocenters. The van der Waals surface area contributed by atoms with E-state index in [0.29, 0.717) is 0 Å². The molecule has 19 heavy (non-hydrogen) atoms. The van der Waals surface area contributed by atoms with Crippen molar-refractivity contribution in [3.8, 4) is 0 Å². The average molecular weight is 258 g/mol. The van der Waals surface area contributed by atoms with Crippen LogP contribution < -0.4 is 0 Å². The minimum Gasteiger partial charge on any atom is -0.393 e. The minimum atomic E-state index is -0.253. The summed E-state index contributed by atoms with van der Waals surface area (Å²) in [4.78, 5) is 4.27. The Morgan fingerprint density at radius 3 is 2.63 bits per heavy atom. The first kappa shape index (κ1) is 13.8. The van der Waals surface area contributed by atoms with Crippen LogP contribution in [0, 0.1) is 6.92 Å². The highest BCUT2D eigenvalue weighted by Crippen LogP contribution is 2.13. The lowest BCUT2D eigenvalue weighted by Gasteiger charge is -2.11. The monoisotopic (exact) mass is 258 g/mol. The smallest absolute Gasteiger partial charge is 0.108 e. The number of benzene rings is 1. The Labute approximate surface area is 114 Å². The van der Waals surface area contributed by atoms with Crippen molar-refractivity contribution in [2.45, 2.75) is 38.7 Å². The van der Waals surface area contributed by atoms with Gasteiger partial charge in [-0.15, -0.1) is 0 Å². The summed E-state index contributed by atoms with van der Waals surface area (Å²) in [6.07, 6.45) is 6.85. The van der Waals surface area contributed by atoms with Crippen molar-refractivity contribution in [2.24, 2.45) is 7.05 Å². The fraction of sp³-hybridized carbons (Fsp3) is 0.438. The van der Waals surface area contributed by atoms with E-state index < -0.39 is 0 Å². The molecular formula is C16H22N2O. The summed E-state index contributed by atoms with van der Waals surface area (Å²) in [5.41, 5.74) is 2.64. The number of hydrogen-bond donors (Lipinski definition) is 1. The second kappa shape index (κ2) is 6.53. The quantitative estimate of drug-likeness (QED) is 0.865. The highest BCUT2D eigenvalue weighted by Gasteiger charge is 2.08. The van der Waals surface area contributed by atoms with Gasteiger partial charge in [0.25, 0.3) is 0 Å². The van der Waals surface area contributed by atoms with Crippen LogP contribution >= 0.6 is 0 Å². The molecule has 0 amide bonds. The Hall–Kier alpha value is -1.61. The van der Waals surface area contributed by atoms with Gasteiger partial charge in [-0.3, -0.25) is 0 Å². The number of aliphatic hydroxyl groups is 1.